The summed E-state index contributed by atoms with van der Waals surface area (Å²) in [5.41, 5.74) is 8.47. The van der Waals surface area contributed by atoms with Crippen molar-refractivity contribution in [1.82, 2.24) is 9.78 Å². The Morgan fingerprint density at radius 1 is 1.38 bits per heavy atom. The van der Waals surface area contributed by atoms with Gasteiger partial charge in [-0.15, -0.1) is 0 Å². The molecule has 4 nitrogen and oxygen atoms in total. The standard InChI is InChI=1S/C16H22FN3O/c1-4-20-14(8-12(3)19-20)10-21-16-6-5-13(7-11(2)18)9-15(16)17/h5-6,8-9,11H,4,7,10,18H2,1-3H3. The number of ether oxygens (including phenoxy) is 1. The molecule has 1 aromatic carbocycles. The molecule has 2 aromatic rings. The molecule has 0 amide bonds. The summed E-state index contributed by atoms with van der Waals surface area (Å²) in [7, 11) is 0. The highest BCUT2D eigenvalue weighted by Crippen LogP contribution is 2.20. The molecule has 2 rings (SSSR count). The first-order valence-corrected chi connectivity index (χ1v) is 7.19. The average Bonchev–Trinajstić information content (AvgIpc) is 2.77. The minimum Gasteiger partial charge on any atom is -0.484 e. The Kier molecular flexibility index (Phi) is 4.96. The lowest BCUT2D eigenvalue weighted by Crippen LogP contribution is -2.17. The fourth-order valence-corrected chi connectivity index (χ4v) is 2.30. The third-order valence-electron chi connectivity index (χ3n) is 3.21. The van der Waals surface area contributed by atoms with Gasteiger partial charge in [0.1, 0.15) is 6.61 Å². The summed E-state index contributed by atoms with van der Waals surface area (Å²) in [5, 5.41) is 4.34. The zero-order valence-electron chi connectivity index (χ0n) is 12.8. The summed E-state index contributed by atoms with van der Waals surface area (Å²) in [6.07, 6.45) is 0.652. The van der Waals surface area contributed by atoms with Crippen molar-refractivity contribution >= 4 is 0 Å². The van der Waals surface area contributed by atoms with Crippen LogP contribution in [0.15, 0.2) is 24.3 Å². The minimum atomic E-state index is -0.354. The summed E-state index contributed by atoms with van der Waals surface area (Å²) in [6, 6.07) is 6.96. The lowest BCUT2D eigenvalue weighted by molar-refractivity contribution is 0.278. The molecule has 5 heteroatoms. The van der Waals surface area contributed by atoms with Crippen LogP contribution in [-0.2, 0) is 19.6 Å². The normalized spacial score (nSPS) is 12.4. The lowest BCUT2D eigenvalue weighted by Gasteiger charge is -2.10. The maximum Gasteiger partial charge on any atom is 0.165 e. The van der Waals surface area contributed by atoms with Crippen molar-refractivity contribution in [1.29, 1.82) is 0 Å². The van der Waals surface area contributed by atoms with E-state index in [1.165, 1.54) is 6.07 Å². The molecule has 21 heavy (non-hydrogen) atoms. The molecule has 2 N–H and O–H groups in total. The van der Waals surface area contributed by atoms with E-state index in [9.17, 15) is 4.39 Å². The molecule has 0 aliphatic heterocycles. The molecule has 0 saturated heterocycles. The number of halogens is 1. The van der Waals surface area contributed by atoms with Crippen LogP contribution in [0.5, 0.6) is 5.75 Å². The van der Waals surface area contributed by atoms with E-state index in [-0.39, 0.29) is 17.6 Å². The fourth-order valence-electron chi connectivity index (χ4n) is 2.30. The third kappa shape index (κ3) is 4.04. The Hall–Kier alpha value is -1.88. The predicted octanol–water partition coefficient (Wildman–Crippen LogP) is 2.82. The van der Waals surface area contributed by atoms with Crippen LogP contribution in [0.2, 0.25) is 0 Å². The van der Waals surface area contributed by atoms with Gasteiger partial charge in [0.25, 0.3) is 0 Å². The van der Waals surface area contributed by atoms with Crippen LogP contribution in [0.25, 0.3) is 0 Å². The molecule has 0 radical (unpaired) electrons. The summed E-state index contributed by atoms with van der Waals surface area (Å²) >= 11 is 0. The van der Waals surface area contributed by atoms with E-state index in [0.717, 1.165) is 23.5 Å². The molecule has 1 unspecified atom stereocenters. The summed E-state index contributed by atoms with van der Waals surface area (Å²) < 4.78 is 21.4. The van der Waals surface area contributed by atoms with Crippen molar-refractivity contribution in [3.8, 4) is 5.75 Å². The highest BCUT2D eigenvalue weighted by molar-refractivity contribution is 5.30. The van der Waals surface area contributed by atoms with Gasteiger partial charge < -0.3 is 10.5 Å². The molecule has 0 fully saturated rings. The molecular weight excluding hydrogens is 269 g/mol. The maximum atomic E-state index is 14.0. The van der Waals surface area contributed by atoms with E-state index in [4.69, 9.17) is 10.5 Å². The van der Waals surface area contributed by atoms with Crippen molar-refractivity contribution in [3.05, 3.63) is 47.0 Å². The maximum absolute atomic E-state index is 14.0. The minimum absolute atomic E-state index is 0.0121. The lowest BCUT2D eigenvalue weighted by atomic mass is 10.1. The van der Waals surface area contributed by atoms with Crippen LogP contribution in [0.1, 0.15) is 30.8 Å². The second-order valence-corrected chi connectivity index (χ2v) is 5.33. The van der Waals surface area contributed by atoms with Gasteiger partial charge in [0.05, 0.1) is 11.4 Å². The Morgan fingerprint density at radius 2 is 2.14 bits per heavy atom. The van der Waals surface area contributed by atoms with Gasteiger partial charge in [-0.05, 0) is 51.0 Å². The van der Waals surface area contributed by atoms with E-state index < -0.39 is 0 Å². The highest BCUT2D eigenvalue weighted by atomic mass is 19.1. The van der Waals surface area contributed by atoms with E-state index in [2.05, 4.69) is 5.10 Å². The predicted molar refractivity (Wildman–Crippen MR) is 80.7 cm³/mol. The number of nitrogens with two attached hydrogens (primary N) is 1. The van der Waals surface area contributed by atoms with Gasteiger partial charge in [-0.1, -0.05) is 6.07 Å². The second-order valence-electron chi connectivity index (χ2n) is 5.33. The quantitative estimate of drug-likeness (QED) is 0.890. The van der Waals surface area contributed by atoms with E-state index >= 15 is 0 Å². The Morgan fingerprint density at radius 3 is 2.76 bits per heavy atom. The first kappa shape index (κ1) is 15.5. The van der Waals surface area contributed by atoms with Crippen molar-refractivity contribution in [2.45, 2.75) is 46.4 Å². The van der Waals surface area contributed by atoms with Gasteiger partial charge >= 0.3 is 0 Å². The van der Waals surface area contributed by atoms with Crippen molar-refractivity contribution in [2.24, 2.45) is 5.73 Å². The number of hydrogen-bond acceptors (Lipinski definition) is 3. The van der Waals surface area contributed by atoms with Gasteiger partial charge in [0.2, 0.25) is 0 Å². The van der Waals surface area contributed by atoms with Crippen molar-refractivity contribution in [2.75, 3.05) is 0 Å². The fraction of sp³-hybridized carbons (Fsp3) is 0.438. The molecule has 1 aromatic heterocycles. The molecule has 0 aliphatic carbocycles. The molecule has 114 valence electrons. The van der Waals surface area contributed by atoms with Crippen molar-refractivity contribution < 1.29 is 9.13 Å². The van der Waals surface area contributed by atoms with E-state index in [1.807, 2.05) is 37.6 Å². The smallest absolute Gasteiger partial charge is 0.165 e. The Labute approximate surface area is 124 Å². The van der Waals surface area contributed by atoms with Gasteiger partial charge in [-0.25, -0.2) is 4.39 Å². The Bertz CT molecular complexity index is 608. The molecule has 1 heterocycles. The van der Waals surface area contributed by atoms with Crippen molar-refractivity contribution in [3.63, 3.8) is 0 Å². The molecular formula is C16H22FN3O. The van der Waals surface area contributed by atoms with Crippen LogP contribution in [0.4, 0.5) is 4.39 Å². The topological polar surface area (TPSA) is 53.1 Å². The Balaban J connectivity index is 2.06. The van der Waals surface area contributed by atoms with Gasteiger partial charge in [-0.2, -0.15) is 5.10 Å². The average molecular weight is 291 g/mol. The molecule has 0 bridgehead atoms. The summed E-state index contributed by atoms with van der Waals surface area (Å²) in [6.45, 7) is 6.91. The number of aryl methyl sites for hydroxylation is 2. The van der Waals surface area contributed by atoms with Gasteiger partial charge in [0.15, 0.2) is 11.6 Å². The van der Waals surface area contributed by atoms with Crippen LogP contribution >= 0.6 is 0 Å². The third-order valence-corrected chi connectivity index (χ3v) is 3.21. The van der Waals surface area contributed by atoms with Gasteiger partial charge in [0, 0.05) is 12.6 Å². The number of aromatic nitrogens is 2. The molecule has 0 aliphatic rings. The van der Waals surface area contributed by atoms with Crippen LogP contribution in [0, 0.1) is 12.7 Å². The SMILES string of the molecule is CCn1nc(C)cc1COc1ccc(CC(C)N)cc1F. The number of hydrogen-bond donors (Lipinski definition) is 1. The van der Waals surface area contributed by atoms with Crippen LogP contribution in [0.3, 0.4) is 0 Å². The second kappa shape index (κ2) is 6.72. The first-order chi connectivity index (χ1) is 9.99. The van der Waals surface area contributed by atoms with E-state index in [1.54, 1.807) is 6.07 Å². The van der Waals surface area contributed by atoms with Crippen LogP contribution in [-0.4, -0.2) is 15.8 Å². The zero-order chi connectivity index (χ0) is 15.4. The zero-order valence-corrected chi connectivity index (χ0v) is 12.8. The molecule has 0 spiro atoms. The molecule has 0 saturated carbocycles. The highest BCUT2D eigenvalue weighted by Gasteiger charge is 2.09. The monoisotopic (exact) mass is 291 g/mol. The summed E-state index contributed by atoms with van der Waals surface area (Å²) in [5.74, 6) is -0.0997. The first-order valence-electron chi connectivity index (χ1n) is 7.19. The van der Waals surface area contributed by atoms with Crippen LogP contribution < -0.4 is 10.5 Å². The molecule has 1 atom stereocenters. The number of benzene rings is 1. The van der Waals surface area contributed by atoms with E-state index in [0.29, 0.717) is 13.0 Å². The summed E-state index contributed by atoms with van der Waals surface area (Å²) in [4.78, 5) is 0. The largest absolute Gasteiger partial charge is 0.484 e. The van der Waals surface area contributed by atoms with Gasteiger partial charge in [-0.3, -0.25) is 4.68 Å². The number of rotatable bonds is 6. The number of nitrogens with zero attached hydrogens (tertiary/aromatic N) is 2.